The third-order valence-corrected chi connectivity index (χ3v) is 7.11. The molecule has 212 valence electrons. The molecule has 0 aliphatic carbocycles. The number of allylic oxidation sites excluding steroid dienone is 4. The summed E-state index contributed by atoms with van der Waals surface area (Å²) in [6, 6.07) is 36.8. The Kier molecular flexibility index (Phi) is 9.55. The van der Waals surface area contributed by atoms with E-state index in [1.54, 1.807) is 0 Å². The van der Waals surface area contributed by atoms with E-state index in [2.05, 4.69) is 80.2 Å². The van der Waals surface area contributed by atoms with Gasteiger partial charge in [-0.15, -0.1) is 0 Å². The van der Waals surface area contributed by atoms with Crippen LogP contribution in [-0.4, -0.2) is 27.5 Å². The molecule has 1 atom stereocenters. The van der Waals surface area contributed by atoms with Crippen LogP contribution in [0, 0.1) is 0 Å². The highest BCUT2D eigenvalue weighted by molar-refractivity contribution is 6.01. The largest absolute Gasteiger partial charge is 0.258 e. The summed E-state index contributed by atoms with van der Waals surface area (Å²) in [5.41, 5.74) is 7.19. The van der Waals surface area contributed by atoms with Crippen LogP contribution in [0.4, 0.5) is 0 Å². The maximum absolute atomic E-state index is 4.85. The first-order valence-electron chi connectivity index (χ1n) is 14.5. The van der Waals surface area contributed by atoms with Crippen molar-refractivity contribution in [1.82, 2.24) is 15.0 Å². The Morgan fingerprint density at radius 3 is 1.84 bits per heavy atom. The van der Waals surface area contributed by atoms with Crippen molar-refractivity contribution in [2.45, 2.75) is 33.2 Å². The minimum atomic E-state index is -0.0519. The standard InChI is InChI=1S/C38H35N5/c1-5-6-9-14-27(2)35-41-37(33-17-12-8-13-18-33)43-38(42-35)34-25-23-31(24-26-34)30-21-19-29(20-22-30)28(3)40-36(39-4)32-15-10-7-11-16-32/h6-26,28H,4-5H2,1-3H3/b9-6-,27-14+,40-36?. The Morgan fingerprint density at radius 2 is 1.26 bits per heavy atom. The highest BCUT2D eigenvalue weighted by Crippen LogP contribution is 2.28. The fourth-order valence-corrected chi connectivity index (χ4v) is 4.64. The second-order valence-corrected chi connectivity index (χ2v) is 10.2. The number of aromatic nitrogens is 3. The number of rotatable bonds is 9. The van der Waals surface area contributed by atoms with Gasteiger partial charge in [0.25, 0.3) is 0 Å². The third kappa shape index (κ3) is 7.32. The predicted molar refractivity (Wildman–Crippen MR) is 180 cm³/mol. The number of benzene rings is 4. The Hall–Kier alpha value is -5.29. The van der Waals surface area contributed by atoms with Gasteiger partial charge in [0, 0.05) is 16.7 Å². The summed E-state index contributed by atoms with van der Waals surface area (Å²) in [5, 5.41) is 0. The lowest BCUT2D eigenvalue weighted by atomic mass is 10.0. The molecule has 0 radical (unpaired) electrons. The molecule has 0 aliphatic heterocycles. The Morgan fingerprint density at radius 1 is 0.721 bits per heavy atom. The first kappa shape index (κ1) is 29.2. The van der Waals surface area contributed by atoms with Crippen LogP contribution in [0.15, 0.2) is 137 Å². The average Bonchev–Trinajstić information content (AvgIpc) is 3.08. The van der Waals surface area contributed by atoms with Gasteiger partial charge in [0.2, 0.25) is 0 Å². The summed E-state index contributed by atoms with van der Waals surface area (Å²) >= 11 is 0. The minimum absolute atomic E-state index is 0.0519. The summed E-state index contributed by atoms with van der Waals surface area (Å²) in [4.78, 5) is 23.5. The van der Waals surface area contributed by atoms with Crippen molar-refractivity contribution < 1.29 is 0 Å². The van der Waals surface area contributed by atoms with Crippen LogP contribution in [-0.2, 0) is 0 Å². The summed E-state index contributed by atoms with van der Waals surface area (Å²) in [6.45, 7) is 9.93. The van der Waals surface area contributed by atoms with Gasteiger partial charge in [0.05, 0.1) is 6.04 Å². The molecule has 5 rings (SSSR count). The van der Waals surface area contributed by atoms with Crippen molar-refractivity contribution >= 4 is 18.1 Å². The Labute approximate surface area is 254 Å². The molecular weight excluding hydrogens is 526 g/mol. The molecule has 0 bridgehead atoms. The summed E-state index contributed by atoms with van der Waals surface area (Å²) < 4.78 is 0. The summed E-state index contributed by atoms with van der Waals surface area (Å²) in [7, 11) is 0. The maximum atomic E-state index is 4.85. The van der Waals surface area contributed by atoms with Crippen LogP contribution in [0.3, 0.4) is 0 Å². The van der Waals surface area contributed by atoms with Crippen LogP contribution in [0.1, 0.15) is 50.2 Å². The van der Waals surface area contributed by atoms with E-state index >= 15 is 0 Å². The predicted octanol–water partition coefficient (Wildman–Crippen LogP) is 9.45. The molecule has 5 heteroatoms. The molecule has 0 aliphatic rings. The number of hydrogen-bond acceptors (Lipinski definition) is 4. The van der Waals surface area contributed by atoms with Gasteiger partial charge in [-0.25, -0.2) is 19.9 Å². The molecule has 0 saturated carbocycles. The van der Waals surface area contributed by atoms with Gasteiger partial charge in [-0.1, -0.05) is 134 Å². The van der Waals surface area contributed by atoms with Crippen LogP contribution in [0.2, 0.25) is 0 Å². The zero-order valence-corrected chi connectivity index (χ0v) is 24.9. The Bertz CT molecular complexity index is 1750. The van der Waals surface area contributed by atoms with E-state index in [1.165, 1.54) is 0 Å². The average molecular weight is 562 g/mol. The molecule has 4 aromatic carbocycles. The molecule has 0 amide bonds. The quantitative estimate of drug-likeness (QED) is 0.102. The van der Waals surface area contributed by atoms with Gasteiger partial charge >= 0.3 is 0 Å². The third-order valence-electron chi connectivity index (χ3n) is 7.11. The molecule has 43 heavy (non-hydrogen) atoms. The highest BCUT2D eigenvalue weighted by atomic mass is 15.0. The lowest BCUT2D eigenvalue weighted by Gasteiger charge is -2.11. The van der Waals surface area contributed by atoms with Gasteiger partial charge in [0.1, 0.15) is 0 Å². The van der Waals surface area contributed by atoms with Crippen molar-refractivity contribution in [2.24, 2.45) is 9.98 Å². The number of amidine groups is 1. The van der Waals surface area contributed by atoms with E-state index in [9.17, 15) is 0 Å². The highest BCUT2D eigenvalue weighted by Gasteiger charge is 2.12. The zero-order valence-electron chi connectivity index (χ0n) is 24.9. The zero-order chi connectivity index (χ0) is 30.0. The van der Waals surface area contributed by atoms with Crippen molar-refractivity contribution in [2.75, 3.05) is 0 Å². The molecule has 5 aromatic rings. The first-order chi connectivity index (χ1) is 21.1. The van der Waals surface area contributed by atoms with E-state index in [-0.39, 0.29) is 6.04 Å². The lowest BCUT2D eigenvalue weighted by molar-refractivity contribution is 0.819. The normalized spacial score (nSPS) is 12.8. The van der Waals surface area contributed by atoms with E-state index in [4.69, 9.17) is 19.9 Å². The molecule has 0 saturated heterocycles. The maximum Gasteiger partial charge on any atom is 0.164 e. The van der Waals surface area contributed by atoms with E-state index in [0.29, 0.717) is 23.3 Å². The summed E-state index contributed by atoms with van der Waals surface area (Å²) in [5.74, 6) is 2.62. The van der Waals surface area contributed by atoms with Gasteiger partial charge < -0.3 is 0 Å². The molecule has 1 aromatic heterocycles. The number of nitrogens with zero attached hydrogens (tertiary/aromatic N) is 5. The van der Waals surface area contributed by atoms with Gasteiger partial charge in [-0.2, -0.15) is 0 Å². The van der Waals surface area contributed by atoms with Gasteiger partial charge in [-0.3, -0.25) is 4.99 Å². The van der Waals surface area contributed by atoms with Crippen LogP contribution >= 0.6 is 0 Å². The van der Waals surface area contributed by atoms with Gasteiger partial charge in [0.15, 0.2) is 23.3 Å². The molecule has 0 N–H and O–H groups in total. The number of hydrogen-bond donors (Lipinski definition) is 0. The van der Waals surface area contributed by atoms with E-state index < -0.39 is 0 Å². The van der Waals surface area contributed by atoms with Crippen molar-refractivity contribution in [1.29, 1.82) is 0 Å². The van der Waals surface area contributed by atoms with E-state index in [0.717, 1.165) is 45.4 Å². The molecule has 5 nitrogen and oxygen atoms in total. The van der Waals surface area contributed by atoms with Crippen molar-refractivity contribution in [3.05, 3.63) is 144 Å². The smallest absolute Gasteiger partial charge is 0.164 e. The van der Waals surface area contributed by atoms with Crippen molar-refractivity contribution in [3.63, 3.8) is 0 Å². The number of aliphatic imine (C=N–C) groups is 2. The van der Waals surface area contributed by atoms with Gasteiger partial charge in [-0.05, 0) is 49.2 Å². The molecule has 1 heterocycles. The monoisotopic (exact) mass is 561 g/mol. The lowest BCUT2D eigenvalue weighted by Crippen LogP contribution is -2.02. The fraction of sp³-hybridized carbons (Fsp3) is 0.132. The van der Waals surface area contributed by atoms with E-state index in [1.807, 2.05) is 79.7 Å². The molecule has 1 unspecified atom stereocenters. The summed E-state index contributed by atoms with van der Waals surface area (Å²) in [6.07, 6.45) is 7.19. The molecular formula is C38H35N5. The second-order valence-electron chi connectivity index (χ2n) is 10.2. The Balaban J connectivity index is 1.40. The minimum Gasteiger partial charge on any atom is -0.258 e. The van der Waals surface area contributed by atoms with Crippen LogP contribution in [0.5, 0.6) is 0 Å². The SMILES string of the molecule is C=NC(=NC(C)c1ccc(-c2ccc(-c3nc(/C(C)=C/C=C\CC)nc(-c4ccccc4)n3)cc2)cc1)c1ccccc1. The molecule has 0 spiro atoms. The topological polar surface area (TPSA) is 63.4 Å². The first-order valence-corrected chi connectivity index (χ1v) is 14.5. The van der Waals surface area contributed by atoms with Crippen LogP contribution < -0.4 is 0 Å². The fourth-order valence-electron chi connectivity index (χ4n) is 4.64. The van der Waals surface area contributed by atoms with Crippen molar-refractivity contribution in [3.8, 4) is 33.9 Å². The molecule has 0 fully saturated rings. The van der Waals surface area contributed by atoms with Crippen LogP contribution in [0.25, 0.3) is 39.5 Å². The second kappa shape index (κ2) is 14.1.